The number of benzene rings is 2. The van der Waals surface area contributed by atoms with E-state index >= 15 is 0 Å². The molecule has 0 unspecified atom stereocenters. The van der Waals surface area contributed by atoms with Crippen LogP contribution in [0.4, 0.5) is 5.69 Å². The van der Waals surface area contributed by atoms with Crippen LogP contribution >= 0.6 is 15.9 Å². The van der Waals surface area contributed by atoms with Crippen LogP contribution in [0.1, 0.15) is 5.56 Å². The van der Waals surface area contributed by atoms with Gasteiger partial charge in [0.15, 0.2) is 29.6 Å². The Kier molecular flexibility index (Phi) is 6.24. The van der Waals surface area contributed by atoms with Crippen LogP contribution in [0.3, 0.4) is 0 Å². The first-order valence-corrected chi connectivity index (χ1v) is 9.19. The van der Waals surface area contributed by atoms with Crippen LogP contribution in [0.15, 0.2) is 47.5 Å². The van der Waals surface area contributed by atoms with Crippen molar-refractivity contribution in [3.63, 3.8) is 0 Å². The van der Waals surface area contributed by atoms with Crippen LogP contribution in [-0.4, -0.2) is 32.8 Å². The van der Waals surface area contributed by atoms with E-state index in [9.17, 15) is 4.79 Å². The Balaban J connectivity index is 1.64. The Morgan fingerprint density at radius 1 is 1.22 bits per heavy atom. The minimum atomic E-state index is -0.301. The Hall–Kier alpha value is -2.67. The fraction of sp³-hybridized carbons (Fsp3) is 0.250. The molecule has 6 nitrogen and oxygen atoms in total. The number of amides is 1. The molecular formula is C20H20BrNO5. The largest absolute Gasteiger partial charge is 0.493 e. The second-order valence-corrected chi connectivity index (χ2v) is 6.64. The van der Waals surface area contributed by atoms with E-state index in [0.717, 1.165) is 12.0 Å². The van der Waals surface area contributed by atoms with Gasteiger partial charge in [0, 0.05) is 16.6 Å². The van der Waals surface area contributed by atoms with Gasteiger partial charge in [-0.3, -0.25) is 4.79 Å². The molecule has 0 aromatic heterocycles. The van der Waals surface area contributed by atoms with Gasteiger partial charge in [0.1, 0.15) is 13.2 Å². The molecule has 1 aliphatic heterocycles. The lowest BCUT2D eigenvalue weighted by molar-refractivity contribution is -0.118. The fourth-order valence-electron chi connectivity index (χ4n) is 2.61. The van der Waals surface area contributed by atoms with Gasteiger partial charge in [-0.2, -0.15) is 0 Å². The number of halogens is 1. The fourth-order valence-corrected chi connectivity index (χ4v) is 3.04. The van der Waals surface area contributed by atoms with Crippen LogP contribution in [0.2, 0.25) is 0 Å². The topological polar surface area (TPSA) is 66.0 Å². The third-order valence-corrected chi connectivity index (χ3v) is 4.53. The van der Waals surface area contributed by atoms with E-state index in [4.69, 9.17) is 18.9 Å². The van der Waals surface area contributed by atoms with Crippen LogP contribution in [0, 0.1) is 0 Å². The quantitative estimate of drug-likeness (QED) is 0.668. The van der Waals surface area contributed by atoms with Crippen molar-refractivity contribution in [3.8, 4) is 23.0 Å². The lowest BCUT2D eigenvalue weighted by atomic mass is 10.1. The van der Waals surface area contributed by atoms with Crippen LogP contribution in [0.5, 0.6) is 23.0 Å². The highest BCUT2D eigenvalue weighted by Crippen LogP contribution is 2.38. The first-order valence-electron chi connectivity index (χ1n) is 8.40. The summed E-state index contributed by atoms with van der Waals surface area (Å²) in [5.41, 5.74) is 1.64. The molecule has 2 aromatic rings. The zero-order chi connectivity index (χ0) is 19.2. The van der Waals surface area contributed by atoms with Crippen molar-refractivity contribution in [2.75, 3.05) is 32.2 Å². The highest BCUT2D eigenvalue weighted by Gasteiger charge is 2.16. The highest BCUT2D eigenvalue weighted by molar-refractivity contribution is 9.10. The molecule has 0 bridgehead atoms. The zero-order valence-corrected chi connectivity index (χ0v) is 16.5. The van der Waals surface area contributed by atoms with Crippen molar-refractivity contribution in [1.29, 1.82) is 0 Å². The predicted octanol–water partition coefficient (Wildman–Crippen LogP) is 3.97. The third kappa shape index (κ3) is 4.74. The molecule has 0 atom stereocenters. The van der Waals surface area contributed by atoms with E-state index in [1.807, 2.05) is 18.2 Å². The summed E-state index contributed by atoms with van der Waals surface area (Å²) in [6, 6.07) is 9.06. The first-order chi connectivity index (χ1) is 13.1. The Labute approximate surface area is 166 Å². The van der Waals surface area contributed by atoms with Gasteiger partial charge in [-0.25, -0.2) is 0 Å². The number of hydrogen-bond donors (Lipinski definition) is 1. The predicted molar refractivity (Wildman–Crippen MR) is 106 cm³/mol. The summed E-state index contributed by atoms with van der Waals surface area (Å²) >= 11 is 3.43. The number of carbonyl (C=O) groups excluding carboxylic acids is 1. The molecule has 7 heteroatoms. The summed E-state index contributed by atoms with van der Waals surface area (Å²) in [6.07, 6.45) is 2.54. The lowest BCUT2D eigenvalue weighted by Crippen LogP contribution is -2.21. The number of allylic oxidation sites excluding steroid dienone is 1. The van der Waals surface area contributed by atoms with Gasteiger partial charge in [-0.05, 0) is 40.0 Å². The van der Waals surface area contributed by atoms with Crippen molar-refractivity contribution in [2.24, 2.45) is 0 Å². The van der Waals surface area contributed by atoms with Crippen molar-refractivity contribution in [2.45, 2.75) is 6.42 Å². The average Bonchev–Trinajstić information content (AvgIpc) is 2.67. The van der Waals surface area contributed by atoms with E-state index in [1.54, 1.807) is 25.3 Å². The van der Waals surface area contributed by atoms with Crippen molar-refractivity contribution in [3.05, 3.63) is 53.0 Å². The second-order valence-electron chi connectivity index (χ2n) is 5.79. The Morgan fingerprint density at radius 3 is 2.67 bits per heavy atom. The maximum absolute atomic E-state index is 12.3. The van der Waals surface area contributed by atoms with E-state index < -0.39 is 0 Å². The van der Waals surface area contributed by atoms with Crippen molar-refractivity contribution < 1.29 is 23.7 Å². The van der Waals surface area contributed by atoms with E-state index in [0.29, 0.717) is 46.4 Å². The smallest absolute Gasteiger partial charge is 0.262 e. The minimum absolute atomic E-state index is 0.155. The first kappa shape index (κ1) is 19.1. The summed E-state index contributed by atoms with van der Waals surface area (Å²) in [5, 5.41) is 2.80. The molecule has 2 aromatic carbocycles. The van der Waals surface area contributed by atoms with Gasteiger partial charge in [-0.1, -0.05) is 12.1 Å². The van der Waals surface area contributed by atoms with Gasteiger partial charge >= 0.3 is 0 Å². The standard InChI is InChI=1S/C20H20BrNO5/c1-3-4-13-5-6-16(17(9-13)24-2)27-12-20(23)22-15-11-19-18(10-14(15)21)25-7-8-26-19/h3,5-6,9-11H,1,4,7-8,12H2,2H3,(H,22,23). The van der Waals surface area contributed by atoms with Gasteiger partial charge < -0.3 is 24.3 Å². The number of nitrogens with one attached hydrogen (secondary N) is 1. The second kappa shape index (κ2) is 8.81. The Bertz CT molecular complexity index is 853. The highest BCUT2D eigenvalue weighted by atomic mass is 79.9. The molecular weight excluding hydrogens is 414 g/mol. The molecule has 1 N–H and O–H groups in total. The summed E-state index contributed by atoms with van der Waals surface area (Å²) in [7, 11) is 1.56. The van der Waals surface area contributed by atoms with Crippen LogP contribution in [-0.2, 0) is 11.2 Å². The summed E-state index contributed by atoms with van der Waals surface area (Å²) in [4.78, 5) is 12.3. The maximum Gasteiger partial charge on any atom is 0.262 e. The zero-order valence-electron chi connectivity index (χ0n) is 14.9. The monoisotopic (exact) mass is 433 g/mol. The molecule has 27 heavy (non-hydrogen) atoms. The normalized spacial score (nSPS) is 12.2. The average molecular weight is 434 g/mol. The van der Waals surface area contributed by atoms with Gasteiger partial charge in [-0.15, -0.1) is 6.58 Å². The summed E-state index contributed by atoms with van der Waals surface area (Å²) in [5.74, 6) is 2.01. The van der Waals surface area contributed by atoms with Crippen LogP contribution in [0.25, 0.3) is 0 Å². The van der Waals surface area contributed by atoms with Crippen LogP contribution < -0.4 is 24.3 Å². The number of fused-ring (bicyclic) bond motifs is 1. The third-order valence-electron chi connectivity index (χ3n) is 3.87. The van der Waals surface area contributed by atoms with E-state index in [1.165, 1.54) is 0 Å². The number of ether oxygens (including phenoxy) is 4. The molecule has 3 rings (SSSR count). The lowest BCUT2D eigenvalue weighted by Gasteiger charge is -2.20. The SMILES string of the molecule is C=CCc1ccc(OCC(=O)Nc2cc3c(cc2Br)OCCO3)c(OC)c1. The summed E-state index contributed by atoms with van der Waals surface area (Å²) in [6.45, 7) is 4.55. The van der Waals surface area contributed by atoms with E-state index in [-0.39, 0.29) is 12.5 Å². The number of carbonyl (C=O) groups is 1. The molecule has 0 radical (unpaired) electrons. The van der Waals surface area contributed by atoms with Gasteiger partial charge in [0.05, 0.1) is 12.8 Å². The number of methoxy groups -OCH3 is 1. The molecule has 1 aliphatic rings. The molecule has 0 fully saturated rings. The van der Waals surface area contributed by atoms with E-state index in [2.05, 4.69) is 27.8 Å². The number of anilines is 1. The van der Waals surface area contributed by atoms with Gasteiger partial charge in [0.2, 0.25) is 0 Å². The molecule has 1 amide bonds. The Morgan fingerprint density at radius 2 is 1.96 bits per heavy atom. The molecule has 142 valence electrons. The molecule has 0 spiro atoms. The van der Waals surface area contributed by atoms with Crippen molar-refractivity contribution in [1.82, 2.24) is 0 Å². The molecule has 1 heterocycles. The molecule has 0 saturated heterocycles. The minimum Gasteiger partial charge on any atom is -0.493 e. The summed E-state index contributed by atoms with van der Waals surface area (Å²) < 4.78 is 22.7. The molecule has 0 saturated carbocycles. The number of hydrogen-bond acceptors (Lipinski definition) is 5. The van der Waals surface area contributed by atoms with Crippen molar-refractivity contribution >= 4 is 27.5 Å². The maximum atomic E-state index is 12.3. The molecule has 0 aliphatic carbocycles. The van der Waals surface area contributed by atoms with Gasteiger partial charge in [0.25, 0.3) is 5.91 Å². The number of rotatable bonds is 7.